The first kappa shape index (κ1) is 25.1. The Hall–Kier alpha value is -2.98. The van der Waals surface area contributed by atoms with Gasteiger partial charge in [-0.3, -0.25) is 9.67 Å². The predicted molar refractivity (Wildman–Crippen MR) is 135 cm³/mol. The predicted octanol–water partition coefficient (Wildman–Crippen LogP) is 3.75. The molecule has 1 aliphatic rings. The number of aromatic nitrogens is 5. The molecular formula is C25H30ClN5O4. The molecule has 3 aromatic heterocycles. The topological polar surface area (TPSA) is 129 Å². The van der Waals surface area contributed by atoms with E-state index in [1.807, 2.05) is 30.5 Å². The summed E-state index contributed by atoms with van der Waals surface area (Å²) in [5.41, 5.74) is 3.29. The number of hydrogen-bond acceptors (Lipinski definition) is 6. The van der Waals surface area contributed by atoms with Gasteiger partial charge >= 0.3 is 5.69 Å². The smallest absolute Gasteiger partial charge is 0.325 e. The second kappa shape index (κ2) is 10.7. The standard InChI is InChI=1S/C19H18ClN5O2.C6H12O2/c1-19(2,27)10-25-9-13(8-21-25)11-3-5-12(6-4-11)16-14(20)7-15-17(23-16)24-18(26)22-15;7-5-6-3-1-2-4-8-6/h3-9,27H,10H2,1-2H3,(H2,22,23,24,26);6-7H,1-5H2/t;6-/m.0/s1. The van der Waals surface area contributed by atoms with Crippen LogP contribution in [-0.2, 0) is 11.3 Å². The maximum Gasteiger partial charge on any atom is 0.325 e. The molecule has 0 amide bonds. The molecule has 0 saturated carbocycles. The first-order chi connectivity index (χ1) is 16.7. The molecule has 1 fully saturated rings. The Bertz CT molecular complexity index is 1310. The van der Waals surface area contributed by atoms with Gasteiger partial charge in [-0.05, 0) is 44.7 Å². The van der Waals surface area contributed by atoms with Crippen molar-refractivity contribution in [2.75, 3.05) is 13.2 Å². The molecule has 35 heavy (non-hydrogen) atoms. The lowest BCUT2D eigenvalue weighted by Gasteiger charge is -2.19. The van der Waals surface area contributed by atoms with E-state index in [4.69, 9.17) is 21.4 Å². The van der Waals surface area contributed by atoms with Crippen LogP contribution in [0, 0.1) is 0 Å². The highest BCUT2D eigenvalue weighted by Gasteiger charge is 2.15. The van der Waals surface area contributed by atoms with Crippen LogP contribution in [0.1, 0.15) is 33.1 Å². The summed E-state index contributed by atoms with van der Waals surface area (Å²) >= 11 is 6.33. The minimum Gasteiger partial charge on any atom is -0.394 e. The third kappa shape index (κ3) is 6.58. The minimum absolute atomic E-state index is 0.142. The van der Waals surface area contributed by atoms with E-state index in [-0.39, 0.29) is 18.4 Å². The number of pyridine rings is 1. The van der Waals surface area contributed by atoms with Crippen molar-refractivity contribution < 1.29 is 14.9 Å². The van der Waals surface area contributed by atoms with Crippen molar-refractivity contribution in [2.45, 2.75) is 51.4 Å². The highest BCUT2D eigenvalue weighted by molar-refractivity contribution is 6.33. The molecule has 0 bridgehead atoms. The van der Waals surface area contributed by atoms with Crippen LogP contribution in [0.15, 0.2) is 47.5 Å². The highest BCUT2D eigenvalue weighted by Crippen LogP contribution is 2.30. The number of benzene rings is 1. The van der Waals surface area contributed by atoms with Crippen LogP contribution >= 0.6 is 11.6 Å². The number of fused-ring (bicyclic) bond motifs is 1. The summed E-state index contributed by atoms with van der Waals surface area (Å²) in [6.45, 7) is 4.94. The zero-order chi connectivity index (χ0) is 25.0. The average Bonchev–Trinajstić information content (AvgIpc) is 3.43. The van der Waals surface area contributed by atoms with Crippen LogP contribution in [-0.4, -0.2) is 59.9 Å². The van der Waals surface area contributed by atoms with Crippen molar-refractivity contribution in [1.82, 2.24) is 24.7 Å². The van der Waals surface area contributed by atoms with Crippen molar-refractivity contribution in [1.29, 1.82) is 0 Å². The first-order valence-corrected chi connectivity index (χ1v) is 12.0. The molecule has 1 aliphatic heterocycles. The van der Waals surface area contributed by atoms with E-state index in [0.29, 0.717) is 28.4 Å². The van der Waals surface area contributed by atoms with Crippen molar-refractivity contribution in [2.24, 2.45) is 0 Å². The summed E-state index contributed by atoms with van der Waals surface area (Å²) in [6, 6.07) is 9.46. The summed E-state index contributed by atoms with van der Waals surface area (Å²) in [4.78, 5) is 21.2. The second-order valence-electron chi connectivity index (χ2n) is 9.28. The molecular weight excluding hydrogens is 470 g/mol. The van der Waals surface area contributed by atoms with Crippen LogP contribution in [0.25, 0.3) is 33.5 Å². The van der Waals surface area contributed by atoms with Gasteiger partial charge in [-0.1, -0.05) is 35.9 Å². The summed E-state index contributed by atoms with van der Waals surface area (Å²) in [6.07, 6.45) is 7.22. The highest BCUT2D eigenvalue weighted by atomic mass is 35.5. The molecule has 0 spiro atoms. The third-order valence-electron chi connectivity index (χ3n) is 5.61. The van der Waals surface area contributed by atoms with E-state index in [2.05, 4.69) is 20.1 Å². The largest absolute Gasteiger partial charge is 0.394 e. The number of ether oxygens (including phenoxy) is 1. The van der Waals surface area contributed by atoms with Crippen molar-refractivity contribution in [3.63, 3.8) is 0 Å². The maximum atomic E-state index is 11.4. The van der Waals surface area contributed by atoms with Crippen LogP contribution in [0.2, 0.25) is 5.02 Å². The van der Waals surface area contributed by atoms with E-state index in [1.54, 1.807) is 30.8 Å². The number of halogens is 1. The van der Waals surface area contributed by atoms with Gasteiger partial charge < -0.3 is 19.9 Å². The molecule has 9 nitrogen and oxygen atoms in total. The Morgan fingerprint density at radius 3 is 2.54 bits per heavy atom. The zero-order valence-corrected chi connectivity index (χ0v) is 20.5. The lowest BCUT2D eigenvalue weighted by molar-refractivity contribution is -0.0172. The van der Waals surface area contributed by atoms with Gasteiger partial charge in [-0.2, -0.15) is 5.10 Å². The molecule has 0 radical (unpaired) electrons. The van der Waals surface area contributed by atoms with Crippen LogP contribution in [0.3, 0.4) is 0 Å². The number of nitrogens with zero attached hydrogens (tertiary/aromatic N) is 3. The van der Waals surface area contributed by atoms with Gasteiger partial charge in [0, 0.05) is 23.9 Å². The van der Waals surface area contributed by atoms with Crippen molar-refractivity contribution >= 4 is 22.8 Å². The molecule has 10 heteroatoms. The molecule has 4 heterocycles. The number of hydrogen-bond donors (Lipinski definition) is 4. The zero-order valence-electron chi connectivity index (χ0n) is 19.8. The quantitative estimate of drug-likeness (QED) is 0.331. The molecule has 186 valence electrons. The molecule has 1 saturated heterocycles. The van der Waals surface area contributed by atoms with Crippen molar-refractivity contribution in [3.8, 4) is 22.4 Å². The molecule has 1 aromatic carbocycles. The van der Waals surface area contributed by atoms with Crippen molar-refractivity contribution in [3.05, 3.63) is 58.2 Å². The molecule has 0 unspecified atom stereocenters. The number of aliphatic hydroxyl groups is 2. The maximum absolute atomic E-state index is 11.4. The summed E-state index contributed by atoms with van der Waals surface area (Å²) < 4.78 is 6.90. The normalized spacial score (nSPS) is 16.2. The van der Waals surface area contributed by atoms with Gasteiger partial charge in [0.05, 0.1) is 47.3 Å². The number of aliphatic hydroxyl groups excluding tert-OH is 1. The minimum atomic E-state index is -0.826. The van der Waals surface area contributed by atoms with Gasteiger partial charge in [0.25, 0.3) is 0 Å². The Labute approximate surface area is 207 Å². The van der Waals surface area contributed by atoms with Crippen LogP contribution in [0.5, 0.6) is 0 Å². The molecule has 1 atom stereocenters. The lowest BCUT2D eigenvalue weighted by atomic mass is 10.0. The number of imidazole rings is 1. The summed E-state index contributed by atoms with van der Waals surface area (Å²) in [5.74, 6) is 0. The molecule has 4 N–H and O–H groups in total. The van der Waals surface area contributed by atoms with E-state index in [1.165, 1.54) is 6.42 Å². The number of nitrogens with one attached hydrogen (secondary N) is 2. The Morgan fingerprint density at radius 1 is 1.17 bits per heavy atom. The number of aromatic amines is 2. The summed E-state index contributed by atoms with van der Waals surface area (Å²) in [7, 11) is 0. The monoisotopic (exact) mass is 499 g/mol. The van der Waals surface area contributed by atoms with Gasteiger partial charge in [0.1, 0.15) is 0 Å². The number of H-pyrrole nitrogens is 2. The van der Waals surface area contributed by atoms with Crippen LogP contribution in [0.4, 0.5) is 0 Å². The van der Waals surface area contributed by atoms with Gasteiger partial charge in [-0.15, -0.1) is 0 Å². The van der Waals surface area contributed by atoms with Gasteiger partial charge in [0.2, 0.25) is 0 Å². The molecule has 0 aliphatic carbocycles. The first-order valence-electron chi connectivity index (χ1n) is 11.6. The molecule has 4 aromatic rings. The third-order valence-corrected chi connectivity index (χ3v) is 5.90. The van der Waals surface area contributed by atoms with Gasteiger partial charge in [0.15, 0.2) is 5.65 Å². The van der Waals surface area contributed by atoms with E-state index >= 15 is 0 Å². The fourth-order valence-corrected chi connectivity index (χ4v) is 4.17. The molecule has 5 rings (SSSR count). The fourth-order valence-electron chi connectivity index (χ4n) is 3.91. The van der Waals surface area contributed by atoms with E-state index < -0.39 is 5.60 Å². The Kier molecular flexibility index (Phi) is 7.71. The number of rotatable bonds is 5. The van der Waals surface area contributed by atoms with E-state index in [0.717, 1.165) is 36.1 Å². The van der Waals surface area contributed by atoms with Crippen LogP contribution < -0.4 is 5.69 Å². The summed E-state index contributed by atoms with van der Waals surface area (Å²) in [5, 5.41) is 23.2. The lowest BCUT2D eigenvalue weighted by Crippen LogP contribution is -2.26. The average molecular weight is 500 g/mol. The Balaban J connectivity index is 0.000000308. The van der Waals surface area contributed by atoms with E-state index in [9.17, 15) is 9.90 Å². The Morgan fingerprint density at radius 2 is 1.91 bits per heavy atom. The SMILES string of the molecule is CC(C)(O)Cn1cc(-c2ccc(-c3nc4[nH]c(=O)[nH]c4cc3Cl)cc2)cn1.OC[C@@H]1CCCCO1. The van der Waals surface area contributed by atoms with Gasteiger partial charge in [-0.25, -0.2) is 9.78 Å². The second-order valence-corrected chi connectivity index (χ2v) is 9.69. The fraction of sp³-hybridized carbons (Fsp3) is 0.400.